The fourth-order valence-corrected chi connectivity index (χ4v) is 1.72. The van der Waals surface area contributed by atoms with Gasteiger partial charge in [-0.3, -0.25) is 9.78 Å². The molecule has 0 amide bonds. The number of benzene rings is 1. The van der Waals surface area contributed by atoms with Crippen LogP contribution in [0.3, 0.4) is 0 Å². The van der Waals surface area contributed by atoms with Crippen molar-refractivity contribution in [3.63, 3.8) is 0 Å². The van der Waals surface area contributed by atoms with Gasteiger partial charge in [-0.2, -0.15) is 0 Å². The average Bonchev–Trinajstić information content (AvgIpc) is 2.28. The molecular weight excluding hydrogens is 217 g/mol. The Labute approximate surface area is 99.1 Å². The Kier molecular flexibility index (Phi) is 3.00. The molecule has 3 heteroatoms. The average molecular weight is 229 g/mol. The van der Waals surface area contributed by atoms with Crippen LogP contribution >= 0.6 is 0 Å². The van der Waals surface area contributed by atoms with Crippen molar-refractivity contribution in [3.8, 4) is 11.1 Å². The standard InChI is InChI=1S/C14H12FNO/c1-9-3-11(10(2)17)5-12(4-9)13-6-14(15)8-16-7-13/h3-8H,1-2H3. The summed E-state index contributed by atoms with van der Waals surface area (Å²) in [6, 6.07) is 6.89. The van der Waals surface area contributed by atoms with Crippen molar-refractivity contribution in [1.82, 2.24) is 4.98 Å². The molecule has 86 valence electrons. The molecule has 0 saturated heterocycles. The number of pyridine rings is 1. The van der Waals surface area contributed by atoms with Gasteiger partial charge in [-0.25, -0.2) is 4.39 Å². The normalized spacial score (nSPS) is 10.3. The molecule has 2 aromatic rings. The Bertz CT molecular complexity index is 578. The van der Waals surface area contributed by atoms with Gasteiger partial charge >= 0.3 is 0 Å². The second-order valence-corrected chi connectivity index (χ2v) is 4.04. The summed E-state index contributed by atoms with van der Waals surface area (Å²) < 4.78 is 13.1. The molecule has 1 aromatic carbocycles. The molecule has 0 aliphatic carbocycles. The molecule has 17 heavy (non-hydrogen) atoms. The third kappa shape index (κ3) is 2.56. The molecule has 1 heterocycles. The van der Waals surface area contributed by atoms with E-state index in [0.29, 0.717) is 11.1 Å². The van der Waals surface area contributed by atoms with E-state index in [4.69, 9.17) is 0 Å². The number of carbonyl (C=O) groups excluding carboxylic acids is 1. The van der Waals surface area contributed by atoms with Gasteiger partial charge in [0, 0.05) is 17.3 Å². The maximum atomic E-state index is 13.1. The smallest absolute Gasteiger partial charge is 0.159 e. The van der Waals surface area contributed by atoms with Gasteiger partial charge in [0.05, 0.1) is 6.20 Å². The van der Waals surface area contributed by atoms with Crippen molar-refractivity contribution in [2.75, 3.05) is 0 Å². The number of aromatic nitrogens is 1. The summed E-state index contributed by atoms with van der Waals surface area (Å²) in [7, 11) is 0. The fraction of sp³-hybridized carbons (Fsp3) is 0.143. The Hall–Kier alpha value is -2.03. The number of carbonyl (C=O) groups is 1. The summed E-state index contributed by atoms with van der Waals surface area (Å²) in [5.41, 5.74) is 3.08. The molecule has 0 bridgehead atoms. The van der Waals surface area contributed by atoms with Crippen molar-refractivity contribution in [2.45, 2.75) is 13.8 Å². The van der Waals surface area contributed by atoms with E-state index < -0.39 is 0 Å². The van der Waals surface area contributed by atoms with E-state index in [0.717, 1.165) is 17.3 Å². The Balaban J connectivity index is 2.56. The number of hydrogen-bond donors (Lipinski definition) is 0. The minimum Gasteiger partial charge on any atom is -0.295 e. The summed E-state index contributed by atoms with van der Waals surface area (Å²) >= 11 is 0. The third-order valence-electron chi connectivity index (χ3n) is 2.52. The molecular formula is C14H12FNO. The molecule has 0 spiro atoms. The second kappa shape index (κ2) is 4.45. The van der Waals surface area contributed by atoms with E-state index in [9.17, 15) is 9.18 Å². The molecule has 0 fully saturated rings. The quantitative estimate of drug-likeness (QED) is 0.739. The van der Waals surface area contributed by atoms with Crippen molar-refractivity contribution in [2.24, 2.45) is 0 Å². The molecule has 0 atom stereocenters. The maximum Gasteiger partial charge on any atom is 0.159 e. The zero-order valence-corrected chi connectivity index (χ0v) is 9.70. The Morgan fingerprint density at radius 1 is 1.12 bits per heavy atom. The Morgan fingerprint density at radius 3 is 2.53 bits per heavy atom. The van der Waals surface area contributed by atoms with Crippen LogP contribution < -0.4 is 0 Å². The summed E-state index contributed by atoms with van der Waals surface area (Å²) in [6.45, 7) is 3.42. The first kappa shape index (κ1) is 11.5. The molecule has 2 nitrogen and oxygen atoms in total. The van der Waals surface area contributed by atoms with Crippen LogP contribution in [0.15, 0.2) is 36.7 Å². The van der Waals surface area contributed by atoms with Crippen LogP contribution in [0.5, 0.6) is 0 Å². The fourth-order valence-electron chi connectivity index (χ4n) is 1.72. The summed E-state index contributed by atoms with van der Waals surface area (Å²) in [5.74, 6) is -0.382. The van der Waals surface area contributed by atoms with E-state index in [1.165, 1.54) is 13.0 Å². The van der Waals surface area contributed by atoms with E-state index in [2.05, 4.69) is 4.98 Å². The molecule has 0 aliphatic rings. The highest BCUT2D eigenvalue weighted by Crippen LogP contribution is 2.22. The molecule has 0 aliphatic heterocycles. The lowest BCUT2D eigenvalue weighted by molar-refractivity contribution is 0.101. The largest absolute Gasteiger partial charge is 0.295 e. The van der Waals surface area contributed by atoms with Gasteiger partial charge in [-0.05, 0) is 43.2 Å². The van der Waals surface area contributed by atoms with Gasteiger partial charge in [0.25, 0.3) is 0 Å². The Morgan fingerprint density at radius 2 is 1.88 bits per heavy atom. The predicted octanol–water partition coefficient (Wildman–Crippen LogP) is 3.40. The summed E-state index contributed by atoms with van der Waals surface area (Å²) in [4.78, 5) is 15.2. The van der Waals surface area contributed by atoms with Gasteiger partial charge < -0.3 is 0 Å². The molecule has 0 radical (unpaired) electrons. The minimum atomic E-state index is -0.381. The van der Waals surface area contributed by atoms with Crippen molar-refractivity contribution in [3.05, 3.63) is 53.6 Å². The number of nitrogens with zero attached hydrogens (tertiary/aromatic N) is 1. The van der Waals surface area contributed by atoms with Crippen molar-refractivity contribution >= 4 is 5.78 Å². The van der Waals surface area contributed by atoms with E-state index >= 15 is 0 Å². The van der Waals surface area contributed by atoms with Crippen LogP contribution in [-0.2, 0) is 0 Å². The summed E-state index contributed by atoms with van der Waals surface area (Å²) in [5, 5.41) is 0. The molecule has 0 saturated carbocycles. The number of hydrogen-bond acceptors (Lipinski definition) is 2. The summed E-state index contributed by atoms with van der Waals surface area (Å²) in [6.07, 6.45) is 2.74. The van der Waals surface area contributed by atoms with Crippen LogP contribution in [0.2, 0.25) is 0 Å². The van der Waals surface area contributed by atoms with Crippen molar-refractivity contribution < 1.29 is 9.18 Å². The second-order valence-electron chi connectivity index (χ2n) is 4.04. The van der Waals surface area contributed by atoms with Gasteiger partial charge in [-0.1, -0.05) is 6.07 Å². The van der Waals surface area contributed by atoms with Gasteiger partial charge in [-0.15, -0.1) is 0 Å². The first-order valence-electron chi connectivity index (χ1n) is 5.30. The van der Waals surface area contributed by atoms with Crippen LogP contribution in [0.25, 0.3) is 11.1 Å². The number of Topliss-reactive ketones (excluding diaryl/α,β-unsaturated/α-hetero) is 1. The van der Waals surface area contributed by atoms with Gasteiger partial charge in [0.15, 0.2) is 5.78 Å². The van der Waals surface area contributed by atoms with E-state index in [1.54, 1.807) is 12.3 Å². The van der Waals surface area contributed by atoms with Crippen molar-refractivity contribution in [1.29, 1.82) is 0 Å². The zero-order valence-electron chi connectivity index (χ0n) is 9.70. The lowest BCUT2D eigenvalue weighted by atomic mass is 10.00. The van der Waals surface area contributed by atoms with Gasteiger partial charge in [0.1, 0.15) is 5.82 Å². The number of halogens is 1. The molecule has 1 aromatic heterocycles. The third-order valence-corrected chi connectivity index (χ3v) is 2.52. The topological polar surface area (TPSA) is 30.0 Å². The van der Waals surface area contributed by atoms with Crippen LogP contribution in [0, 0.1) is 12.7 Å². The van der Waals surface area contributed by atoms with Gasteiger partial charge in [0.2, 0.25) is 0 Å². The van der Waals surface area contributed by atoms with Crippen LogP contribution in [-0.4, -0.2) is 10.8 Å². The number of ketones is 1. The minimum absolute atomic E-state index is 0.000637. The molecule has 0 unspecified atom stereocenters. The first-order valence-corrected chi connectivity index (χ1v) is 5.30. The lowest BCUT2D eigenvalue weighted by Gasteiger charge is -2.05. The molecule has 2 rings (SSSR count). The first-order chi connectivity index (χ1) is 8.06. The lowest BCUT2D eigenvalue weighted by Crippen LogP contribution is -1.94. The monoisotopic (exact) mass is 229 g/mol. The zero-order chi connectivity index (χ0) is 12.4. The van der Waals surface area contributed by atoms with Crippen LogP contribution in [0.1, 0.15) is 22.8 Å². The van der Waals surface area contributed by atoms with E-state index in [-0.39, 0.29) is 11.6 Å². The number of rotatable bonds is 2. The highest BCUT2D eigenvalue weighted by Gasteiger charge is 2.05. The van der Waals surface area contributed by atoms with E-state index in [1.807, 2.05) is 19.1 Å². The highest BCUT2D eigenvalue weighted by atomic mass is 19.1. The number of aryl methyl sites for hydroxylation is 1. The SMILES string of the molecule is CC(=O)c1cc(C)cc(-c2cncc(F)c2)c1. The van der Waals surface area contributed by atoms with Crippen LogP contribution in [0.4, 0.5) is 4.39 Å². The predicted molar refractivity (Wildman–Crippen MR) is 64.4 cm³/mol. The molecule has 0 N–H and O–H groups in total. The maximum absolute atomic E-state index is 13.1. The highest BCUT2D eigenvalue weighted by molar-refractivity contribution is 5.95.